The van der Waals surface area contributed by atoms with Crippen molar-refractivity contribution in [3.8, 4) is 11.1 Å². The van der Waals surface area contributed by atoms with Gasteiger partial charge in [-0.3, -0.25) is 4.79 Å². The Balaban J connectivity index is 1.67. The Kier molecular flexibility index (Phi) is 6.48. The van der Waals surface area contributed by atoms with Crippen molar-refractivity contribution in [3.05, 3.63) is 54.1 Å². The van der Waals surface area contributed by atoms with Gasteiger partial charge in [0.2, 0.25) is 0 Å². The van der Waals surface area contributed by atoms with E-state index in [0.29, 0.717) is 24.6 Å². The van der Waals surface area contributed by atoms with E-state index in [1.54, 1.807) is 0 Å². The Bertz CT molecular complexity index is 776. The number of carbonyl (C=O) groups excluding carboxylic acids is 1. The van der Waals surface area contributed by atoms with Crippen molar-refractivity contribution in [2.75, 3.05) is 58.9 Å². The molecule has 2 aromatic rings. The summed E-state index contributed by atoms with van der Waals surface area (Å²) in [6.07, 6.45) is 0. The molecule has 1 amide bonds. The SMILES string of the molecule is CN1CCOCC(CNC(=O)c2cccc(-c3cccc(N(C)C)c3)c2)C1. The zero-order valence-corrected chi connectivity index (χ0v) is 16.4. The molecule has 1 fully saturated rings. The molecular formula is C22H29N3O2. The Labute approximate surface area is 161 Å². The zero-order chi connectivity index (χ0) is 19.2. The maximum Gasteiger partial charge on any atom is 0.251 e. The Morgan fingerprint density at radius 3 is 2.70 bits per heavy atom. The van der Waals surface area contributed by atoms with Gasteiger partial charge in [0.05, 0.1) is 13.2 Å². The minimum Gasteiger partial charge on any atom is -0.380 e. The van der Waals surface area contributed by atoms with Gasteiger partial charge in [-0.2, -0.15) is 0 Å². The van der Waals surface area contributed by atoms with Gasteiger partial charge in [0, 0.05) is 50.9 Å². The quantitative estimate of drug-likeness (QED) is 0.883. The number of ether oxygens (including phenoxy) is 1. The van der Waals surface area contributed by atoms with E-state index in [1.807, 2.05) is 44.4 Å². The van der Waals surface area contributed by atoms with Crippen LogP contribution in [-0.4, -0.2) is 64.8 Å². The zero-order valence-electron chi connectivity index (χ0n) is 16.4. The molecule has 1 aliphatic rings. The Morgan fingerprint density at radius 1 is 1.19 bits per heavy atom. The lowest BCUT2D eigenvalue weighted by Gasteiger charge is -2.19. The summed E-state index contributed by atoms with van der Waals surface area (Å²) in [6.45, 7) is 3.97. The molecule has 1 atom stereocenters. The lowest BCUT2D eigenvalue weighted by molar-refractivity contribution is 0.0921. The molecule has 27 heavy (non-hydrogen) atoms. The molecule has 0 radical (unpaired) electrons. The number of likely N-dealkylation sites (N-methyl/N-ethyl adjacent to an activating group) is 1. The van der Waals surface area contributed by atoms with Crippen molar-refractivity contribution in [1.29, 1.82) is 0 Å². The third-order valence-electron chi connectivity index (χ3n) is 4.91. The smallest absolute Gasteiger partial charge is 0.251 e. The van der Waals surface area contributed by atoms with Gasteiger partial charge in [-0.25, -0.2) is 0 Å². The molecule has 5 nitrogen and oxygen atoms in total. The van der Waals surface area contributed by atoms with Gasteiger partial charge in [0.15, 0.2) is 0 Å². The van der Waals surface area contributed by atoms with Crippen LogP contribution in [0.3, 0.4) is 0 Å². The second kappa shape index (κ2) is 9.02. The van der Waals surface area contributed by atoms with Crippen LogP contribution in [0.4, 0.5) is 5.69 Å². The number of carbonyl (C=O) groups is 1. The number of nitrogens with zero attached hydrogens (tertiary/aromatic N) is 2. The van der Waals surface area contributed by atoms with Crippen molar-refractivity contribution in [3.63, 3.8) is 0 Å². The first kappa shape index (κ1) is 19.4. The summed E-state index contributed by atoms with van der Waals surface area (Å²) in [5.74, 6) is 0.286. The van der Waals surface area contributed by atoms with Crippen molar-refractivity contribution in [2.45, 2.75) is 0 Å². The fourth-order valence-electron chi connectivity index (χ4n) is 3.32. The predicted octanol–water partition coefficient (Wildman–Crippen LogP) is 2.73. The van der Waals surface area contributed by atoms with Crippen LogP contribution < -0.4 is 10.2 Å². The third kappa shape index (κ3) is 5.31. The fourth-order valence-corrected chi connectivity index (χ4v) is 3.32. The van der Waals surface area contributed by atoms with Crippen molar-refractivity contribution in [2.24, 2.45) is 5.92 Å². The first-order valence-corrected chi connectivity index (χ1v) is 9.45. The normalized spacial score (nSPS) is 18.0. The van der Waals surface area contributed by atoms with Gasteiger partial charge in [0.1, 0.15) is 0 Å². The molecule has 2 aromatic carbocycles. The van der Waals surface area contributed by atoms with E-state index in [4.69, 9.17) is 4.74 Å². The van der Waals surface area contributed by atoms with Crippen LogP contribution in [-0.2, 0) is 4.74 Å². The fraction of sp³-hybridized carbons (Fsp3) is 0.409. The highest BCUT2D eigenvalue weighted by Gasteiger charge is 2.17. The van der Waals surface area contributed by atoms with Crippen LogP contribution in [0.15, 0.2) is 48.5 Å². The predicted molar refractivity (Wildman–Crippen MR) is 110 cm³/mol. The van der Waals surface area contributed by atoms with Gasteiger partial charge in [-0.05, 0) is 42.4 Å². The first-order chi connectivity index (χ1) is 13.0. The number of benzene rings is 2. The van der Waals surface area contributed by atoms with Crippen molar-refractivity contribution in [1.82, 2.24) is 10.2 Å². The van der Waals surface area contributed by atoms with E-state index in [9.17, 15) is 4.79 Å². The van der Waals surface area contributed by atoms with Crippen LogP contribution in [0.5, 0.6) is 0 Å². The van der Waals surface area contributed by atoms with Crippen LogP contribution in [0.25, 0.3) is 11.1 Å². The second-order valence-corrected chi connectivity index (χ2v) is 7.44. The number of hydrogen-bond donors (Lipinski definition) is 1. The van der Waals surface area contributed by atoms with Crippen molar-refractivity contribution >= 4 is 11.6 Å². The minimum absolute atomic E-state index is 0.0347. The second-order valence-electron chi connectivity index (χ2n) is 7.44. The molecule has 5 heteroatoms. The lowest BCUT2D eigenvalue weighted by atomic mass is 10.0. The number of amides is 1. The molecule has 1 aliphatic heterocycles. The van der Waals surface area contributed by atoms with Crippen LogP contribution in [0, 0.1) is 5.92 Å². The molecule has 1 unspecified atom stereocenters. The summed E-state index contributed by atoms with van der Waals surface area (Å²) in [5.41, 5.74) is 3.98. The highest BCUT2D eigenvalue weighted by atomic mass is 16.5. The summed E-state index contributed by atoms with van der Waals surface area (Å²) in [7, 11) is 6.14. The molecular weight excluding hydrogens is 338 g/mol. The molecule has 0 spiro atoms. The largest absolute Gasteiger partial charge is 0.380 e. The molecule has 0 aromatic heterocycles. The molecule has 1 N–H and O–H groups in total. The average molecular weight is 367 g/mol. The summed E-state index contributed by atoms with van der Waals surface area (Å²) < 4.78 is 5.63. The Morgan fingerprint density at radius 2 is 1.93 bits per heavy atom. The van der Waals surface area contributed by atoms with Gasteiger partial charge in [-0.15, -0.1) is 0 Å². The van der Waals surface area contributed by atoms with E-state index in [1.165, 1.54) is 0 Å². The molecule has 0 saturated carbocycles. The Hall–Kier alpha value is -2.37. The first-order valence-electron chi connectivity index (χ1n) is 9.45. The minimum atomic E-state index is -0.0347. The van der Waals surface area contributed by atoms with E-state index in [2.05, 4.69) is 40.4 Å². The van der Waals surface area contributed by atoms with Gasteiger partial charge >= 0.3 is 0 Å². The van der Waals surface area contributed by atoms with Crippen LogP contribution >= 0.6 is 0 Å². The number of nitrogens with one attached hydrogen (secondary N) is 1. The van der Waals surface area contributed by atoms with E-state index < -0.39 is 0 Å². The van der Waals surface area contributed by atoms with Crippen molar-refractivity contribution < 1.29 is 9.53 Å². The summed E-state index contributed by atoms with van der Waals surface area (Å²) in [4.78, 5) is 17.0. The van der Waals surface area contributed by atoms with Crippen LogP contribution in [0.1, 0.15) is 10.4 Å². The summed E-state index contributed by atoms with van der Waals surface area (Å²) >= 11 is 0. The number of rotatable bonds is 5. The number of anilines is 1. The summed E-state index contributed by atoms with van der Waals surface area (Å²) in [6, 6.07) is 16.1. The maximum atomic E-state index is 12.6. The average Bonchev–Trinajstić information content (AvgIpc) is 2.90. The molecule has 144 valence electrons. The topological polar surface area (TPSA) is 44.8 Å². The van der Waals surface area contributed by atoms with Gasteiger partial charge in [-0.1, -0.05) is 24.3 Å². The molecule has 3 rings (SSSR count). The number of hydrogen-bond acceptors (Lipinski definition) is 4. The van der Waals surface area contributed by atoms with Gasteiger partial charge in [0.25, 0.3) is 5.91 Å². The highest BCUT2D eigenvalue weighted by Crippen LogP contribution is 2.24. The van der Waals surface area contributed by atoms with E-state index in [0.717, 1.165) is 36.5 Å². The highest BCUT2D eigenvalue weighted by molar-refractivity contribution is 5.95. The molecule has 1 heterocycles. The monoisotopic (exact) mass is 367 g/mol. The van der Waals surface area contributed by atoms with Crippen LogP contribution in [0.2, 0.25) is 0 Å². The van der Waals surface area contributed by atoms with Gasteiger partial charge < -0.3 is 19.9 Å². The standard InChI is InChI=1S/C22H29N3O2/c1-24(2)21-9-5-7-19(13-21)18-6-4-8-20(12-18)22(26)23-14-17-15-25(3)10-11-27-16-17/h4-9,12-13,17H,10-11,14-16H2,1-3H3,(H,23,26). The molecule has 1 saturated heterocycles. The summed E-state index contributed by atoms with van der Waals surface area (Å²) in [5, 5.41) is 3.07. The van der Waals surface area contributed by atoms with E-state index in [-0.39, 0.29) is 5.91 Å². The molecule has 0 aliphatic carbocycles. The van der Waals surface area contributed by atoms with E-state index >= 15 is 0 Å². The lowest BCUT2D eigenvalue weighted by Crippen LogP contribution is -2.35. The maximum absolute atomic E-state index is 12.6. The third-order valence-corrected chi connectivity index (χ3v) is 4.91. The molecule has 0 bridgehead atoms.